The number of nitrogens with two attached hydrogens (primary N) is 1. The van der Waals surface area contributed by atoms with E-state index in [-0.39, 0.29) is 0 Å². The van der Waals surface area contributed by atoms with Gasteiger partial charge in [0, 0.05) is 12.1 Å². The fourth-order valence-corrected chi connectivity index (χ4v) is 2.87. The van der Waals surface area contributed by atoms with Gasteiger partial charge in [-0.05, 0) is 45.7 Å². The van der Waals surface area contributed by atoms with E-state index in [0.717, 1.165) is 6.04 Å². The molecule has 2 N–H and O–H groups in total. The Balaban J connectivity index is 1.99. The first kappa shape index (κ1) is 15.0. The largest absolute Gasteiger partial charge is 0.328 e. The maximum Gasteiger partial charge on any atom is 0.00933 e. The molecule has 0 amide bonds. The fourth-order valence-electron chi connectivity index (χ4n) is 2.87. The van der Waals surface area contributed by atoms with Crippen molar-refractivity contribution in [3.8, 4) is 0 Å². The lowest BCUT2D eigenvalue weighted by Crippen LogP contribution is -2.39. The van der Waals surface area contributed by atoms with Gasteiger partial charge in [0.15, 0.2) is 0 Å². The van der Waals surface area contributed by atoms with Crippen molar-refractivity contribution in [2.45, 2.75) is 83.2 Å². The van der Waals surface area contributed by atoms with E-state index < -0.39 is 0 Å². The number of unbranched alkanes of at least 4 members (excludes halogenated alkanes) is 5. The van der Waals surface area contributed by atoms with Crippen LogP contribution >= 0.6 is 0 Å². The van der Waals surface area contributed by atoms with Crippen molar-refractivity contribution in [1.29, 1.82) is 0 Å². The molecule has 0 atom stereocenters. The minimum absolute atomic E-state index is 0.480. The first-order valence-corrected chi connectivity index (χ1v) is 7.70. The van der Waals surface area contributed by atoms with E-state index >= 15 is 0 Å². The zero-order chi connectivity index (χ0) is 12.5. The lowest BCUT2D eigenvalue weighted by Gasteiger charge is -2.33. The van der Waals surface area contributed by atoms with Gasteiger partial charge in [0.1, 0.15) is 0 Å². The Morgan fingerprint density at radius 1 is 0.941 bits per heavy atom. The molecule has 1 aliphatic rings. The average Bonchev–Trinajstić information content (AvgIpc) is 2.34. The van der Waals surface area contributed by atoms with Gasteiger partial charge in [-0.15, -0.1) is 0 Å². The zero-order valence-corrected chi connectivity index (χ0v) is 12.0. The third kappa shape index (κ3) is 6.42. The molecule has 2 nitrogen and oxygen atoms in total. The Bertz CT molecular complexity index is 174. The van der Waals surface area contributed by atoms with Crippen LogP contribution in [0.15, 0.2) is 0 Å². The molecule has 0 heterocycles. The second-order valence-corrected chi connectivity index (χ2v) is 5.82. The number of hydrogen-bond acceptors (Lipinski definition) is 2. The number of rotatable bonds is 8. The van der Waals surface area contributed by atoms with Crippen molar-refractivity contribution < 1.29 is 0 Å². The van der Waals surface area contributed by atoms with Gasteiger partial charge in [0.05, 0.1) is 0 Å². The summed E-state index contributed by atoms with van der Waals surface area (Å²) in [5.41, 5.74) is 5.95. The first-order valence-electron chi connectivity index (χ1n) is 7.70. The predicted molar refractivity (Wildman–Crippen MR) is 76.2 cm³/mol. The Morgan fingerprint density at radius 3 is 2.18 bits per heavy atom. The van der Waals surface area contributed by atoms with E-state index in [0.29, 0.717) is 6.04 Å². The van der Waals surface area contributed by atoms with Crippen molar-refractivity contribution in [3.05, 3.63) is 0 Å². The van der Waals surface area contributed by atoms with Crippen LogP contribution in [0.1, 0.15) is 71.1 Å². The summed E-state index contributed by atoms with van der Waals surface area (Å²) < 4.78 is 0. The van der Waals surface area contributed by atoms with Crippen LogP contribution in [0.4, 0.5) is 0 Å². The standard InChI is InChI=1S/C15H32N2/c1-3-4-5-6-7-8-13-17(2)15-11-9-14(16)10-12-15/h14-15H,3-13,16H2,1-2H3. The maximum atomic E-state index is 5.95. The quantitative estimate of drug-likeness (QED) is 0.657. The summed E-state index contributed by atoms with van der Waals surface area (Å²) in [5, 5.41) is 0. The molecule has 0 aliphatic heterocycles. The molecule has 1 fully saturated rings. The SMILES string of the molecule is CCCCCCCCN(C)C1CCC(N)CC1. The summed E-state index contributed by atoms with van der Waals surface area (Å²) in [6.07, 6.45) is 13.5. The van der Waals surface area contributed by atoms with Crippen LogP contribution in [-0.4, -0.2) is 30.6 Å². The van der Waals surface area contributed by atoms with Gasteiger partial charge in [-0.1, -0.05) is 39.0 Å². The van der Waals surface area contributed by atoms with Gasteiger partial charge in [0.2, 0.25) is 0 Å². The van der Waals surface area contributed by atoms with Gasteiger partial charge < -0.3 is 10.6 Å². The third-order valence-electron chi connectivity index (χ3n) is 4.23. The van der Waals surface area contributed by atoms with Crippen LogP contribution < -0.4 is 5.73 Å². The molecule has 0 bridgehead atoms. The number of nitrogens with zero attached hydrogens (tertiary/aromatic N) is 1. The van der Waals surface area contributed by atoms with E-state index in [9.17, 15) is 0 Å². The second kappa shape index (κ2) is 8.93. The Hall–Kier alpha value is -0.0800. The molecule has 1 rings (SSSR count). The minimum atomic E-state index is 0.480. The van der Waals surface area contributed by atoms with Gasteiger partial charge in [-0.2, -0.15) is 0 Å². The molecule has 102 valence electrons. The Labute approximate surface area is 108 Å². The van der Waals surface area contributed by atoms with Crippen LogP contribution in [0.25, 0.3) is 0 Å². The van der Waals surface area contributed by atoms with E-state index in [1.807, 2.05) is 0 Å². The van der Waals surface area contributed by atoms with Crippen LogP contribution in [0.2, 0.25) is 0 Å². The van der Waals surface area contributed by atoms with Gasteiger partial charge in [0.25, 0.3) is 0 Å². The summed E-state index contributed by atoms with van der Waals surface area (Å²) >= 11 is 0. The smallest absolute Gasteiger partial charge is 0.00933 e. The van der Waals surface area contributed by atoms with Crippen molar-refractivity contribution >= 4 is 0 Å². The number of hydrogen-bond donors (Lipinski definition) is 1. The summed E-state index contributed by atoms with van der Waals surface area (Å²) in [6.45, 7) is 3.56. The highest BCUT2D eigenvalue weighted by atomic mass is 15.1. The molecule has 0 aromatic heterocycles. The second-order valence-electron chi connectivity index (χ2n) is 5.82. The monoisotopic (exact) mass is 240 g/mol. The molecule has 0 radical (unpaired) electrons. The summed E-state index contributed by atoms with van der Waals surface area (Å²) in [5.74, 6) is 0. The summed E-state index contributed by atoms with van der Waals surface area (Å²) in [7, 11) is 2.30. The molecule has 1 saturated carbocycles. The lowest BCUT2D eigenvalue weighted by atomic mass is 9.91. The summed E-state index contributed by atoms with van der Waals surface area (Å²) in [4.78, 5) is 2.58. The van der Waals surface area contributed by atoms with Crippen molar-refractivity contribution in [1.82, 2.24) is 4.90 Å². The summed E-state index contributed by atoms with van der Waals surface area (Å²) in [6, 6.07) is 1.29. The van der Waals surface area contributed by atoms with Gasteiger partial charge in [-0.3, -0.25) is 0 Å². The lowest BCUT2D eigenvalue weighted by molar-refractivity contribution is 0.180. The maximum absolute atomic E-state index is 5.95. The molecule has 1 aliphatic carbocycles. The normalized spacial score (nSPS) is 25.4. The Morgan fingerprint density at radius 2 is 1.53 bits per heavy atom. The van der Waals surface area contributed by atoms with Crippen LogP contribution in [0.5, 0.6) is 0 Å². The molecule has 0 aromatic carbocycles. The van der Waals surface area contributed by atoms with Crippen molar-refractivity contribution in [2.24, 2.45) is 5.73 Å². The minimum Gasteiger partial charge on any atom is -0.328 e. The molecular formula is C15H32N2. The van der Waals surface area contributed by atoms with Crippen LogP contribution in [-0.2, 0) is 0 Å². The predicted octanol–water partition coefficient (Wildman–Crippen LogP) is 3.55. The van der Waals surface area contributed by atoms with E-state index in [2.05, 4.69) is 18.9 Å². The van der Waals surface area contributed by atoms with Gasteiger partial charge in [-0.25, -0.2) is 0 Å². The molecule has 0 spiro atoms. The molecule has 0 unspecified atom stereocenters. The first-order chi connectivity index (χ1) is 8.24. The van der Waals surface area contributed by atoms with Crippen LogP contribution in [0, 0.1) is 0 Å². The zero-order valence-electron chi connectivity index (χ0n) is 12.0. The van der Waals surface area contributed by atoms with E-state index in [4.69, 9.17) is 5.73 Å². The van der Waals surface area contributed by atoms with Crippen molar-refractivity contribution in [3.63, 3.8) is 0 Å². The van der Waals surface area contributed by atoms with Crippen molar-refractivity contribution in [2.75, 3.05) is 13.6 Å². The van der Waals surface area contributed by atoms with E-state index in [1.54, 1.807) is 0 Å². The molecule has 0 aromatic rings. The van der Waals surface area contributed by atoms with Crippen LogP contribution in [0.3, 0.4) is 0 Å². The highest BCUT2D eigenvalue weighted by molar-refractivity contribution is 4.79. The third-order valence-corrected chi connectivity index (χ3v) is 4.23. The molecule has 2 heteroatoms. The average molecular weight is 240 g/mol. The van der Waals surface area contributed by atoms with E-state index in [1.165, 1.54) is 70.8 Å². The topological polar surface area (TPSA) is 29.3 Å². The molecule has 17 heavy (non-hydrogen) atoms. The van der Waals surface area contributed by atoms with Gasteiger partial charge >= 0.3 is 0 Å². The highest BCUT2D eigenvalue weighted by Crippen LogP contribution is 2.21. The highest BCUT2D eigenvalue weighted by Gasteiger charge is 2.21. The molecular weight excluding hydrogens is 208 g/mol. The Kier molecular flexibility index (Phi) is 7.87. The molecule has 0 saturated heterocycles. The fraction of sp³-hybridized carbons (Fsp3) is 1.00.